The molecule has 2 heterocycles. The van der Waals surface area contributed by atoms with Crippen LogP contribution in [0.2, 0.25) is 0 Å². The summed E-state index contributed by atoms with van der Waals surface area (Å²) in [5.41, 5.74) is 2.41. The zero-order valence-electron chi connectivity index (χ0n) is 8.90. The fraction of sp³-hybridized carbons (Fsp3) is 0.250. The third-order valence-electron chi connectivity index (χ3n) is 2.63. The quantitative estimate of drug-likeness (QED) is 0.799. The molecule has 0 aliphatic carbocycles. The second kappa shape index (κ2) is 3.79. The third-order valence-corrected chi connectivity index (χ3v) is 3.50. The molecule has 82 valence electrons. The Morgan fingerprint density at radius 1 is 1.44 bits per heavy atom. The van der Waals surface area contributed by atoms with Gasteiger partial charge in [-0.2, -0.15) is 0 Å². The minimum absolute atomic E-state index is 0.678. The monoisotopic (exact) mass is 233 g/mol. The average molecular weight is 233 g/mol. The Kier molecular flexibility index (Phi) is 2.29. The van der Waals surface area contributed by atoms with E-state index in [2.05, 4.69) is 11.1 Å². The number of aromatic nitrogens is 1. The summed E-state index contributed by atoms with van der Waals surface area (Å²) >= 11 is 1.60. The second-order valence-corrected chi connectivity index (χ2v) is 4.47. The van der Waals surface area contributed by atoms with Crippen molar-refractivity contribution in [3.05, 3.63) is 29.1 Å². The van der Waals surface area contributed by atoms with E-state index in [1.54, 1.807) is 18.4 Å². The van der Waals surface area contributed by atoms with E-state index in [4.69, 9.17) is 9.47 Å². The van der Waals surface area contributed by atoms with Gasteiger partial charge in [0.15, 0.2) is 0 Å². The van der Waals surface area contributed by atoms with Crippen LogP contribution in [0.3, 0.4) is 0 Å². The lowest BCUT2D eigenvalue weighted by Gasteiger charge is -2.00. The van der Waals surface area contributed by atoms with E-state index in [0.717, 1.165) is 29.3 Å². The normalized spacial score (nSPS) is 13.3. The molecule has 0 fully saturated rings. The number of fused-ring (bicyclic) bond motifs is 1. The molecular formula is C12H11NO2S. The van der Waals surface area contributed by atoms with Crippen molar-refractivity contribution in [2.75, 3.05) is 13.7 Å². The summed E-state index contributed by atoms with van der Waals surface area (Å²) in [6.07, 6.45) is 0.992. The number of nitrogens with zero attached hydrogens (tertiary/aromatic N) is 1. The Balaban J connectivity index is 2.00. The van der Waals surface area contributed by atoms with Crippen molar-refractivity contribution in [3.8, 4) is 22.2 Å². The van der Waals surface area contributed by atoms with Crippen molar-refractivity contribution in [3.63, 3.8) is 0 Å². The molecule has 0 radical (unpaired) electrons. The highest BCUT2D eigenvalue weighted by Crippen LogP contribution is 2.32. The topological polar surface area (TPSA) is 31.4 Å². The molecule has 0 atom stereocenters. The molecule has 2 aromatic rings. The van der Waals surface area contributed by atoms with Crippen LogP contribution in [0, 0.1) is 0 Å². The number of hydrogen-bond donors (Lipinski definition) is 0. The highest BCUT2D eigenvalue weighted by Gasteiger charge is 2.13. The van der Waals surface area contributed by atoms with Gasteiger partial charge in [-0.1, -0.05) is 0 Å². The lowest BCUT2D eigenvalue weighted by molar-refractivity contribution is 0.357. The molecule has 0 spiro atoms. The first-order chi connectivity index (χ1) is 7.86. The van der Waals surface area contributed by atoms with E-state index >= 15 is 0 Å². The van der Waals surface area contributed by atoms with E-state index in [0.29, 0.717) is 5.88 Å². The van der Waals surface area contributed by atoms with Gasteiger partial charge in [0.25, 0.3) is 0 Å². The Morgan fingerprint density at radius 3 is 3.19 bits per heavy atom. The summed E-state index contributed by atoms with van der Waals surface area (Å²) in [7, 11) is 1.63. The van der Waals surface area contributed by atoms with E-state index < -0.39 is 0 Å². The van der Waals surface area contributed by atoms with Crippen LogP contribution in [0.15, 0.2) is 23.6 Å². The van der Waals surface area contributed by atoms with Crippen LogP contribution in [-0.4, -0.2) is 18.7 Å². The van der Waals surface area contributed by atoms with Gasteiger partial charge in [-0.15, -0.1) is 11.3 Å². The van der Waals surface area contributed by atoms with Crippen LogP contribution >= 0.6 is 11.3 Å². The summed E-state index contributed by atoms with van der Waals surface area (Å²) in [5.74, 6) is 1.68. The average Bonchev–Trinajstić information content (AvgIpc) is 2.96. The molecule has 16 heavy (non-hydrogen) atoms. The van der Waals surface area contributed by atoms with E-state index in [9.17, 15) is 0 Å². The highest BCUT2D eigenvalue weighted by atomic mass is 32.1. The largest absolute Gasteiger partial charge is 0.493 e. The van der Waals surface area contributed by atoms with Crippen LogP contribution in [0.1, 0.15) is 5.56 Å². The molecule has 3 rings (SSSR count). The SMILES string of the molecule is COc1csc(-c2ccc3c(c2)CCO3)n1. The van der Waals surface area contributed by atoms with Crippen molar-refractivity contribution in [1.29, 1.82) is 0 Å². The Hall–Kier alpha value is -1.55. The van der Waals surface area contributed by atoms with Crippen LogP contribution in [0.5, 0.6) is 11.6 Å². The minimum atomic E-state index is 0.678. The Bertz CT molecular complexity index is 521. The van der Waals surface area contributed by atoms with Gasteiger partial charge >= 0.3 is 0 Å². The highest BCUT2D eigenvalue weighted by molar-refractivity contribution is 7.13. The van der Waals surface area contributed by atoms with E-state index in [-0.39, 0.29) is 0 Å². The first-order valence-electron chi connectivity index (χ1n) is 5.12. The minimum Gasteiger partial charge on any atom is -0.493 e. The van der Waals surface area contributed by atoms with Crippen LogP contribution in [0.4, 0.5) is 0 Å². The standard InChI is InChI=1S/C12H11NO2S/c1-14-11-7-16-12(13-11)9-2-3-10-8(6-9)4-5-15-10/h2-3,6-7H,4-5H2,1H3. The first-order valence-corrected chi connectivity index (χ1v) is 6.00. The maximum Gasteiger partial charge on any atom is 0.224 e. The molecule has 1 aliphatic heterocycles. The summed E-state index contributed by atoms with van der Waals surface area (Å²) in [5, 5.41) is 2.91. The van der Waals surface area contributed by atoms with Gasteiger partial charge in [0.1, 0.15) is 10.8 Å². The van der Waals surface area contributed by atoms with Crippen LogP contribution in [0.25, 0.3) is 10.6 Å². The maximum absolute atomic E-state index is 5.47. The first kappa shape index (κ1) is 9.66. The lowest BCUT2D eigenvalue weighted by atomic mass is 10.1. The van der Waals surface area contributed by atoms with Crippen molar-refractivity contribution in [2.45, 2.75) is 6.42 Å². The van der Waals surface area contributed by atoms with E-state index in [1.807, 2.05) is 17.5 Å². The molecule has 3 nitrogen and oxygen atoms in total. The molecular weight excluding hydrogens is 222 g/mol. The number of thiazole rings is 1. The number of methoxy groups -OCH3 is 1. The van der Waals surface area contributed by atoms with Gasteiger partial charge in [0.05, 0.1) is 19.1 Å². The van der Waals surface area contributed by atoms with Crippen molar-refractivity contribution < 1.29 is 9.47 Å². The molecule has 4 heteroatoms. The fourth-order valence-electron chi connectivity index (χ4n) is 1.80. The molecule has 0 saturated carbocycles. The van der Waals surface area contributed by atoms with Gasteiger partial charge in [0.2, 0.25) is 5.88 Å². The summed E-state index contributed by atoms with van der Waals surface area (Å²) < 4.78 is 10.6. The fourth-order valence-corrected chi connectivity index (χ4v) is 2.57. The third kappa shape index (κ3) is 1.55. The predicted molar refractivity (Wildman–Crippen MR) is 63.3 cm³/mol. The smallest absolute Gasteiger partial charge is 0.224 e. The van der Waals surface area contributed by atoms with Gasteiger partial charge in [0, 0.05) is 12.0 Å². The van der Waals surface area contributed by atoms with Gasteiger partial charge < -0.3 is 9.47 Å². The number of rotatable bonds is 2. The van der Waals surface area contributed by atoms with Crippen LogP contribution in [-0.2, 0) is 6.42 Å². The van der Waals surface area contributed by atoms with Crippen molar-refractivity contribution in [1.82, 2.24) is 4.98 Å². The lowest BCUT2D eigenvalue weighted by Crippen LogP contribution is -1.85. The molecule has 1 aromatic heterocycles. The Morgan fingerprint density at radius 2 is 2.38 bits per heavy atom. The van der Waals surface area contributed by atoms with Gasteiger partial charge in [-0.05, 0) is 23.8 Å². The molecule has 0 N–H and O–H groups in total. The predicted octanol–water partition coefficient (Wildman–Crippen LogP) is 2.75. The number of benzene rings is 1. The number of ether oxygens (including phenoxy) is 2. The summed E-state index contributed by atoms with van der Waals surface area (Å²) in [6, 6.07) is 6.22. The van der Waals surface area contributed by atoms with Crippen LogP contribution < -0.4 is 9.47 Å². The van der Waals surface area contributed by atoms with E-state index in [1.165, 1.54) is 5.56 Å². The van der Waals surface area contributed by atoms with Gasteiger partial charge in [-0.3, -0.25) is 0 Å². The Labute approximate surface area is 97.7 Å². The maximum atomic E-state index is 5.47. The molecule has 0 saturated heterocycles. The summed E-state index contributed by atoms with van der Waals surface area (Å²) in [6.45, 7) is 0.792. The molecule has 1 aliphatic rings. The molecule has 0 unspecified atom stereocenters. The molecule has 0 bridgehead atoms. The van der Waals surface area contributed by atoms with Crippen molar-refractivity contribution in [2.24, 2.45) is 0 Å². The van der Waals surface area contributed by atoms with Crippen molar-refractivity contribution >= 4 is 11.3 Å². The molecule has 1 aromatic carbocycles. The zero-order valence-corrected chi connectivity index (χ0v) is 9.71. The second-order valence-electron chi connectivity index (χ2n) is 3.62. The summed E-state index contributed by atoms with van der Waals surface area (Å²) in [4.78, 5) is 4.38. The van der Waals surface area contributed by atoms with Gasteiger partial charge in [-0.25, -0.2) is 4.98 Å². The zero-order chi connectivity index (χ0) is 11.0. The molecule has 0 amide bonds. The number of hydrogen-bond acceptors (Lipinski definition) is 4.